The van der Waals surface area contributed by atoms with Gasteiger partial charge in [-0.2, -0.15) is 0 Å². The Labute approximate surface area is 170 Å². The number of carbonyl (C=O) groups is 1. The first kappa shape index (κ1) is 21.4. The Morgan fingerprint density at radius 2 is 1.67 bits per heavy atom. The fourth-order valence-corrected chi connectivity index (χ4v) is 4.43. The fourth-order valence-electron chi connectivity index (χ4n) is 4.43. The molecule has 1 aromatic rings. The number of nitrogens with one attached hydrogen (secondary N) is 1. The topological polar surface area (TPSA) is 182 Å². The van der Waals surface area contributed by atoms with Crippen molar-refractivity contribution in [2.45, 2.75) is 31.7 Å². The lowest BCUT2D eigenvalue weighted by Crippen LogP contribution is -2.59. The van der Waals surface area contributed by atoms with Gasteiger partial charge in [0.25, 0.3) is 11.4 Å². The molecule has 1 amide bonds. The smallest absolute Gasteiger partial charge is 0.324 e. The molecule has 2 bridgehead atoms. The molecule has 13 heteroatoms. The molecule has 1 aromatic carbocycles. The summed E-state index contributed by atoms with van der Waals surface area (Å²) in [5, 5.41) is 43.7. The largest absolute Gasteiger partial charge is 0.497 e. The number of hydrogen-bond donors (Lipinski definition) is 2. The molecule has 0 aromatic heterocycles. The zero-order valence-corrected chi connectivity index (χ0v) is 15.9. The molecule has 1 unspecified atom stereocenters. The fraction of sp³-hybridized carbons (Fsp3) is 0.588. The first-order valence-corrected chi connectivity index (χ1v) is 9.49. The summed E-state index contributed by atoms with van der Waals surface area (Å²) in [6, 6.07) is 1.46. The lowest BCUT2D eigenvalue weighted by molar-refractivity contribution is -0.404. The Kier molecular flexibility index (Phi) is 6.10. The number of phenols is 1. The van der Waals surface area contributed by atoms with Crippen molar-refractivity contribution in [3.63, 3.8) is 0 Å². The lowest BCUT2D eigenvalue weighted by atomic mass is 9.77. The van der Waals surface area contributed by atoms with Crippen molar-refractivity contribution in [2.24, 2.45) is 11.8 Å². The average Bonchev–Trinajstić information content (AvgIpc) is 2.69. The number of amides is 1. The number of fused-ring (bicyclic) bond motifs is 4. The van der Waals surface area contributed by atoms with Gasteiger partial charge in [-0.05, 0) is 44.2 Å². The van der Waals surface area contributed by atoms with Gasteiger partial charge in [-0.3, -0.25) is 35.1 Å². The van der Waals surface area contributed by atoms with Gasteiger partial charge in [-0.25, -0.2) is 0 Å². The Bertz CT molecular complexity index is 856. The maximum Gasteiger partial charge on any atom is 0.324 e. The highest BCUT2D eigenvalue weighted by molar-refractivity contribution is 5.77. The molecule has 2 N–H and O–H groups in total. The number of aromatic hydroxyl groups is 1. The molecule has 0 aliphatic carbocycles. The van der Waals surface area contributed by atoms with Crippen LogP contribution in [0.5, 0.6) is 5.75 Å². The van der Waals surface area contributed by atoms with Crippen molar-refractivity contribution in [1.29, 1.82) is 0 Å². The monoisotopic (exact) mass is 423 g/mol. The van der Waals surface area contributed by atoms with Crippen molar-refractivity contribution < 1.29 is 24.7 Å². The number of nitro benzene ring substituents is 3. The minimum atomic E-state index is -1.21. The second kappa shape index (κ2) is 8.57. The highest BCUT2D eigenvalue weighted by Crippen LogP contribution is 2.39. The van der Waals surface area contributed by atoms with Gasteiger partial charge in [-0.1, -0.05) is 0 Å². The maximum absolute atomic E-state index is 11.8. The third-order valence-electron chi connectivity index (χ3n) is 5.74. The van der Waals surface area contributed by atoms with Gasteiger partial charge in [0, 0.05) is 19.0 Å². The van der Waals surface area contributed by atoms with Crippen LogP contribution in [0.1, 0.15) is 25.7 Å². The van der Waals surface area contributed by atoms with Crippen molar-refractivity contribution in [2.75, 3.05) is 19.6 Å². The SMILES string of the molecule is O=C1CCCC2[C@H]3CNC[C@H](C3)CN12.O=[N+]([O-])c1cc([N+](=O)[O-])c(O)c([N+](=O)[O-])c1. The van der Waals surface area contributed by atoms with E-state index in [4.69, 9.17) is 5.11 Å². The van der Waals surface area contributed by atoms with Crippen molar-refractivity contribution in [3.8, 4) is 5.75 Å². The number of nitrogens with zero attached hydrogens (tertiary/aromatic N) is 4. The van der Waals surface area contributed by atoms with Gasteiger partial charge in [0.15, 0.2) is 0 Å². The number of nitro groups is 3. The number of hydrogen-bond acceptors (Lipinski definition) is 9. The highest BCUT2D eigenvalue weighted by Gasteiger charge is 2.41. The van der Waals surface area contributed by atoms with E-state index in [0.717, 1.165) is 44.3 Å². The second-order valence-electron chi connectivity index (χ2n) is 7.63. The quantitative estimate of drug-likeness (QED) is 0.540. The average molecular weight is 423 g/mol. The zero-order valence-electron chi connectivity index (χ0n) is 15.9. The van der Waals surface area contributed by atoms with Crippen LogP contribution in [0.15, 0.2) is 12.1 Å². The number of non-ortho nitro benzene ring substituents is 1. The van der Waals surface area contributed by atoms with Crippen molar-refractivity contribution in [3.05, 3.63) is 42.5 Å². The third-order valence-corrected chi connectivity index (χ3v) is 5.74. The predicted molar refractivity (Wildman–Crippen MR) is 102 cm³/mol. The van der Waals surface area contributed by atoms with E-state index in [9.17, 15) is 35.1 Å². The summed E-state index contributed by atoms with van der Waals surface area (Å²) in [4.78, 5) is 41.7. The van der Waals surface area contributed by atoms with Crippen LogP contribution in [0.4, 0.5) is 17.1 Å². The molecule has 3 atom stereocenters. The molecule has 3 fully saturated rings. The molecule has 13 nitrogen and oxygen atoms in total. The molecule has 0 radical (unpaired) electrons. The van der Waals surface area contributed by atoms with Crippen LogP contribution in [0.25, 0.3) is 0 Å². The molecule has 3 saturated heterocycles. The number of benzene rings is 1. The molecular formula is C17H21N5O8. The van der Waals surface area contributed by atoms with Gasteiger partial charge < -0.3 is 15.3 Å². The summed E-state index contributed by atoms with van der Waals surface area (Å²) in [6.45, 7) is 3.27. The van der Waals surface area contributed by atoms with Gasteiger partial charge in [-0.15, -0.1) is 0 Å². The van der Waals surface area contributed by atoms with E-state index in [-0.39, 0.29) is 0 Å². The minimum absolute atomic E-state index is 0.415. The number of carbonyl (C=O) groups excluding carboxylic acids is 1. The molecule has 4 rings (SSSR count). The van der Waals surface area contributed by atoms with Crippen molar-refractivity contribution >= 4 is 23.0 Å². The molecule has 30 heavy (non-hydrogen) atoms. The third kappa shape index (κ3) is 4.30. The first-order chi connectivity index (χ1) is 14.2. The molecule has 0 saturated carbocycles. The van der Waals surface area contributed by atoms with E-state index in [2.05, 4.69) is 10.2 Å². The highest BCUT2D eigenvalue weighted by atomic mass is 16.6. The van der Waals surface area contributed by atoms with Crippen LogP contribution in [0.2, 0.25) is 0 Å². The number of piperidine rings is 3. The summed E-state index contributed by atoms with van der Waals surface area (Å²) in [6.07, 6.45) is 4.50. The van der Waals surface area contributed by atoms with E-state index in [1.165, 1.54) is 12.8 Å². The van der Waals surface area contributed by atoms with Crippen molar-refractivity contribution in [1.82, 2.24) is 10.2 Å². The van der Waals surface area contributed by atoms with Gasteiger partial charge in [0.1, 0.15) is 0 Å². The lowest BCUT2D eigenvalue weighted by Gasteiger charge is -2.49. The van der Waals surface area contributed by atoms with E-state index >= 15 is 0 Å². The zero-order chi connectivity index (χ0) is 22.0. The summed E-state index contributed by atoms with van der Waals surface area (Å²) in [7, 11) is 0. The molecule has 3 heterocycles. The van der Waals surface area contributed by atoms with E-state index in [0.29, 0.717) is 24.1 Å². The standard InChI is InChI=1S/C11H18N2O.C6H3N3O7/c14-11-3-1-2-10-9-4-8(5-12-6-9)7-13(10)11;10-6-4(8(13)14)1-3(7(11)12)2-5(6)9(15)16/h8-10,12H,1-7H2;1-2,10H/t8-,9+,10?;/m0./s1. The second-order valence-corrected chi connectivity index (χ2v) is 7.63. The normalized spacial score (nSPS) is 24.9. The number of rotatable bonds is 3. The Morgan fingerprint density at radius 3 is 2.23 bits per heavy atom. The molecular weight excluding hydrogens is 402 g/mol. The Balaban J connectivity index is 0.000000171. The number of phenolic OH excluding ortho intramolecular Hbond substituents is 1. The molecule has 3 aliphatic rings. The van der Waals surface area contributed by atoms with Crippen LogP contribution >= 0.6 is 0 Å². The van der Waals surface area contributed by atoms with Crippen LogP contribution in [-0.4, -0.2) is 56.4 Å². The predicted octanol–water partition coefficient (Wildman–Crippen LogP) is 1.72. The summed E-state index contributed by atoms with van der Waals surface area (Å²) in [5.74, 6) is 0.678. The van der Waals surface area contributed by atoms with Gasteiger partial charge in [0.2, 0.25) is 5.91 Å². The minimum Gasteiger partial charge on any atom is -0.497 e. The first-order valence-electron chi connectivity index (χ1n) is 9.49. The summed E-state index contributed by atoms with van der Waals surface area (Å²) in [5.41, 5.74) is -3.00. The van der Waals surface area contributed by atoms with E-state index < -0.39 is 37.6 Å². The van der Waals surface area contributed by atoms with Crippen LogP contribution in [0.3, 0.4) is 0 Å². The van der Waals surface area contributed by atoms with Gasteiger partial charge in [0.05, 0.1) is 26.9 Å². The van der Waals surface area contributed by atoms with Crippen LogP contribution in [0, 0.1) is 42.2 Å². The Hall–Kier alpha value is -3.35. The molecule has 162 valence electrons. The van der Waals surface area contributed by atoms with Crippen LogP contribution in [-0.2, 0) is 4.79 Å². The van der Waals surface area contributed by atoms with Gasteiger partial charge >= 0.3 is 11.4 Å². The van der Waals surface area contributed by atoms with Crippen LogP contribution < -0.4 is 5.32 Å². The van der Waals surface area contributed by atoms with E-state index in [1.54, 1.807) is 0 Å². The summed E-state index contributed by atoms with van der Waals surface area (Å²) < 4.78 is 0. The molecule has 0 spiro atoms. The molecule has 3 aliphatic heterocycles. The Morgan fingerprint density at radius 1 is 1.03 bits per heavy atom. The maximum atomic E-state index is 11.8. The summed E-state index contributed by atoms with van der Waals surface area (Å²) >= 11 is 0. The van der Waals surface area contributed by atoms with E-state index in [1.807, 2.05) is 0 Å².